The van der Waals surface area contributed by atoms with E-state index < -0.39 is 17.3 Å². The van der Waals surface area contributed by atoms with Crippen LogP contribution >= 0.6 is 11.6 Å². The molecular formula is C29H26ClFN8O3. The molecule has 3 aliphatic rings. The molecule has 7 rings (SSSR count). The molecule has 4 aromatic rings. The number of hydrogen-bond acceptors (Lipinski definition) is 8. The molecule has 13 heteroatoms. The molecule has 1 amide bonds. The zero-order valence-electron chi connectivity index (χ0n) is 22.8. The maximum Gasteiger partial charge on any atom is 0.303 e. The molecule has 0 spiro atoms. The van der Waals surface area contributed by atoms with Crippen molar-refractivity contribution in [3.8, 4) is 16.9 Å². The molecule has 1 aromatic carbocycles. The highest BCUT2D eigenvalue weighted by Gasteiger charge is 2.42. The summed E-state index contributed by atoms with van der Waals surface area (Å²) in [6.07, 6.45) is 9.54. The number of nitrogens with zero attached hydrogens (tertiary/aromatic N) is 7. The molecule has 0 saturated carbocycles. The van der Waals surface area contributed by atoms with E-state index in [2.05, 4.69) is 30.5 Å². The first kappa shape index (κ1) is 26.4. The van der Waals surface area contributed by atoms with Crippen LogP contribution < -0.4 is 0 Å². The van der Waals surface area contributed by atoms with Crippen molar-refractivity contribution in [2.45, 2.75) is 63.5 Å². The maximum atomic E-state index is 15.4. The number of imidazole rings is 1. The molecule has 1 fully saturated rings. The monoisotopic (exact) mass is 588 g/mol. The number of aromatic amines is 1. The largest absolute Gasteiger partial charge is 0.453 e. The van der Waals surface area contributed by atoms with E-state index in [9.17, 15) is 9.59 Å². The number of halogens is 2. The Morgan fingerprint density at radius 3 is 2.88 bits per heavy atom. The molecule has 214 valence electrons. The number of carbonyl (C=O) groups excluding carboxylic acids is 2. The molecule has 0 bridgehead atoms. The molecule has 42 heavy (non-hydrogen) atoms. The normalized spacial score (nSPS) is 23.1. The summed E-state index contributed by atoms with van der Waals surface area (Å²) in [7, 11) is 0. The second-order valence-corrected chi connectivity index (χ2v) is 11.4. The number of pyridine rings is 1. The van der Waals surface area contributed by atoms with Gasteiger partial charge in [-0.1, -0.05) is 17.7 Å². The maximum absolute atomic E-state index is 15.4. The van der Waals surface area contributed by atoms with E-state index in [1.165, 1.54) is 24.0 Å². The van der Waals surface area contributed by atoms with Crippen LogP contribution in [0.1, 0.15) is 74.1 Å². The van der Waals surface area contributed by atoms with Crippen molar-refractivity contribution in [2.24, 2.45) is 0 Å². The predicted molar refractivity (Wildman–Crippen MR) is 148 cm³/mol. The fourth-order valence-electron chi connectivity index (χ4n) is 6.63. The SMILES string of the molecule is CC(=O)OC1(C)CCc2c(-c3cnc([C@@H]4CCC5=CC(c6c(-n7cnnn7)ccc(Cl)c6F)CC(=O)N54)[nH]3)ccnc21. The summed E-state index contributed by atoms with van der Waals surface area (Å²) in [6, 6.07) is 4.76. The standard InChI is InChI=1S/C29H26ClFN8O3/c1-15(40)42-29(2)9-7-19-18(8-10-32-27(19)29)21-13-33-28(35-21)23-5-3-17-11-16(12-24(41)39(17)23)25-22(38-14-34-36-37-38)6-4-20(30)26(25)31/h4,6,8,10-11,13-14,16,23H,3,5,7,9,12H2,1-2H3,(H,33,35)/t16?,23-,29?/m0/s1. The summed E-state index contributed by atoms with van der Waals surface area (Å²) in [4.78, 5) is 39.8. The van der Waals surface area contributed by atoms with Gasteiger partial charge in [-0.15, -0.1) is 5.10 Å². The smallest absolute Gasteiger partial charge is 0.303 e. The highest BCUT2D eigenvalue weighted by molar-refractivity contribution is 6.30. The third-order valence-corrected chi connectivity index (χ3v) is 8.70. The van der Waals surface area contributed by atoms with Crippen molar-refractivity contribution in [3.05, 3.63) is 82.2 Å². The van der Waals surface area contributed by atoms with Gasteiger partial charge in [-0.3, -0.25) is 14.6 Å². The number of rotatable bonds is 5. The minimum absolute atomic E-state index is 0.0294. The summed E-state index contributed by atoms with van der Waals surface area (Å²) in [6.45, 7) is 3.29. The number of aromatic nitrogens is 7. The Balaban J connectivity index is 1.19. The molecule has 1 aliphatic carbocycles. The minimum atomic E-state index is -0.769. The first-order valence-corrected chi connectivity index (χ1v) is 14.1. The summed E-state index contributed by atoms with van der Waals surface area (Å²) < 4.78 is 22.4. The lowest BCUT2D eigenvalue weighted by molar-refractivity contribution is -0.156. The number of hydrogen-bond donors (Lipinski definition) is 1. The van der Waals surface area contributed by atoms with Gasteiger partial charge in [0, 0.05) is 42.3 Å². The fraction of sp³-hybridized carbons (Fsp3) is 0.345. The van der Waals surface area contributed by atoms with Crippen LogP contribution in [0, 0.1) is 5.82 Å². The van der Waals surface area contributed by atoms with Gasteiger partial charge >= 0.3 is 5.97 Å². The van der Waals surface area contributed by atoms with E-state index in [1.54, 1.807) is 23.4 Å². The molecule has 1 N–H and O–H groups in total. The molecular weight excluding hydrogens is 563 g/mol. The first-order chi connectivity index (χ1) is 20.2. The number of fused-ring (bicyclic) bond motifs is 2. The summed E-state index contributed by atoms with van der Waals surface area (Å²) >= 11 is 6.15. The lowest BCUT2D eigenvalue weighted by Crippen LogP contribution is -2.34. The number of nitrogens with one attached hydrogen (secondary N) is 1. The van der Waals surface area contributed by atoms with Crippen molar-refractivity contribution < 1.29 is 18.7 Å². The quantitative estimate of drug-likeness (QED) is 0.332. The van der Waals surface area contributed by atoms with Gasteiger partial charge in [-0.05, 0) is 66.8 Å². The number of esters is 1. The molecule has 5 heterocycles. The van der Waals surface area contributed by atoms with Crippen LogP contribution in [0.5, 0.6) is 0 Å². The first-order valence-electron chi connectivity index (χ1n) is 13.7. The lowest BCUT2D eigenvalue weighted by Gasteiger charge is -2.32. The van der Waals surface area contributed by atoms with Crippen LogP contribution in [0.2, 0.25) is 5.02 Å². The van der Waals surface area contributed by atoms with Crippen molar-refractivity contribution >= 4 is 23.5 Å². The number of H-pyrrole nitrogens is 1. The molecule has 3 aromatic heterocycles. The Hall–Kier alpha value is -4.45. The van der Waals surface area contributed by atoms with Crippen LogP contribution in [-0.4, -0.2) is 51.9 Å². The highest BCUT2D eigenvalue weighted by atomic mass is 35.5. The lowest BCUT2D eigenvalue weighted by atomic mass is 9.89. The third kappa shape index (κ3) is 4.20. The Kier molecular flexibility index (Phi) is 6.19. The zero-order valence-corrected chi connectivity index (χ0v) is 23.6. The minimum Gasteiger partial charge on any atom is -0.453 e. The topological polar surface area (TPSA) is 132 Å². The number of benzene rings is 1. The van der Waals surface area contributed by atoms with Crippen LogP contribution in [0.4, 0.5) is 4.39 Å². The summed E-state index contributed by atoms with van der Waals surface area (Å²) in [5, 5.41) is 11.2. The molecule has 1 saturated heterocycles. The second-order valence-electron chi connectivity index (χ2n) is 11.0. The van der Waals surface area contributed by atoms with E-state index in [-0.39, 0.29) is 34.9 Å². The number of ether oxygens (including phenoxy) is 1. The average Bonchev–Trinajstić information content (AvgIpc) is 3.76. The Labute approximate surface area is 244 Å². The second kappa shape index (κ2) is 9.83. The number of amides is 1. The Bertz CT molecular complexity index is 1770. The van der Waals surface area contributed by atoms with Crippen LogP contribution in [0.3, 0.4) is 0 Å². The van der Waals surface area contributed by atoms with Gasteiger partial charge in [0.1, 0.15) is 18.0 Å². The molecule has 2 unspecified atom stereocenters. The van der Waals surface area contributed by atoms with E-state index in [0.717, 1.165) is 28.2 Å². The van der Waals surface area contributed by atoms with E-state index in [1.807, 2.05) is 19.1 Å². The van der Waals surface area contributed by atoms with Crippen molar-refractivity contribution in [1.82, 2.24) is 40.1 Å². The highest BCUT2D eigenvalue weighted by Crippen LogP contribution is 2.46. The van der Waals surface area contributed by atoms with Gasteiger partial charge < -0.3 is 14.6 Å². The Morgan fingerprint density at radius 2 is 2.10 bits per heavy atom. The summed E-state index contributed by atoms with van der Waals surface area (Å²) in [5.41, 5.74) is 4.29. The van der Waals surface area contributed by atoms with Crippen LogP contribution in [0.25, 0.3) is 16.9 Å². The van der Waals surface area contributed by atoms with E-state index in [0.29, 0.717) is 37.2 Å². The van der Waals surface area contributed by atoms with Crippen molar-refractivity contribution in [3.63, 3.8) is 0 Å². The van der Waals surface area contributed by atoms with Crippen LogP contribution in [0.15, 0.2) is 48.7 Å². The van der Waals surface area contributed by atoms with Crippen molar-refractivity contribution in [2.75, 3.05) is 0 Å². The van der Waals surface area contributed by atoms with Gasteiger partial charge in [-0.2, -0.15) is 0 Å². The molecule has 2 aliphatic heterocycles. The van der Waals surface area contributed by atoms with Gasteiger partial charge in [-0.25, -0.2) is 14.1 Å². The van der Waals surface area contributed by atoms with E-state index >= 15 is 4.39 Å². The van der Waals surface area contributed by atoms with Crippen molar-refractivity contribution in [1.29, 1.82) is 0 Å². The van der Waals surface area contributed by atoms with Gasteiger partial charge in [0.25, 0.3) is 0 Å². The number of tetrazole rings is 1. The van der Waals surface area contributed by atoms with Gasteiger partial charge in [0.2, 0.25) is 5.91 Å². The van der Waals surface area contributed by atoms with Gasteiger partial charge in [0.05, 0.1) is 34.3 Å². The number of allylic oxidation sites excluding steroid dienone is 2. The van der Waals surface area contributed by atoms with Crippen LogP contribution in [-0.2, 0) is 26.3 Å². The average molecular weight is 589 g/mol. The zero-order chi connectivity index (χ0) is 29.2. The third-order valence-electron chi connectivity index (χ3n) is 8.41. The summed E-state index contributed by atoms with van der Waals surface area (Å²) in [5.74, 6) is -0.910. The molecule has 3 atom stereocenters. The number of carbonyl (C=O) groups is 2. The fourth-order valence-corrected chi connectivity index (χ4v) is 6.79. The van der Waals surface area contributed by atoms with Gasteiger partial charge in [0.15, 0.2) is 5.60 Å². The molecule has 11 nitrogen and oxygen atoms in total. The Morgan fingerprint density at radius 1 is 1.24 bits per heavy atom. The van der Waals surface area contributed by atoms with E-state index in [4.69, 9.17) is 16.3 Å². The predicted octanol–water partition coefficient (Wildman–Crippen LogP) is 4.70. The molecule has 0 radical (unpaired) electrons.